The second-order valence-electron chi connectivity index (χ2n) is 5.51. The van der Waals surface area contributed by atoms with Gasteiger partial charge in [0.05, 0.1) is 11.4 Å². The molecule has 1 amide bonds. The number of carbonyl (C=O) groups is 1. The molecule has 0 fully saturated rings. The molecule has 5 nitrogen and oxygen atoms in total. The number of amides is 1. The summed E-state index contributed by atoms with van der Waals surface area (Å²) >= 11 is 2.94. The second kappa shape index (κ2) is 7.37. The van der Waals surface area contributed by atoms with Crippen molar-refractivity contribution in [3.8, 4) is 11.4 Å². The van der Waals surface area contributed by atoms with Crippen molar-refractivity contribution in [2.45, 2.75) is 19.0 Å². The highest BCUT2D eigenvalue weighted by Crippen LogP contribution is 2.30. The summed E-state index contributed by atoms with van der Waals surface area (Å²) in [6, 6.07) is 6.09. The van der Waals surface area contributed by atoms with E-state index in [9.17, 15) is 9.18 Å². The van der Waals surface area contributed by atoms with Crippen LogP contribution in [0.5, 0.6) is 0 Å². The topological polar surface area (TPSA) is 59.8 Å². The highest BCUT2D eigenvalue weighted by Gasteiger charge is 2.16. The summed E-state index contributed by atoms with van der Waals surface area (Å²) in [4.78, 5) is 13.3. The average molecular weight is 376 g/mol. The zero-order valence-electron chi connectivity index (χ0n) is 14.0. The van der Waals surface area contributed by atoms with E-state index < -0.39 is 5.82 Å². The van der Waals surface area contributed by atoms with Crippen molar-refractivity contribution in [1.29, 1.82) is 0 Å². The summed E-state index contributed by atoms with van der Waals surface area (Å²) in [5, 5.41) is 13.7. The Hall–Kier alpha value is -2.19. The highest BCUT2D eigenvalue weighted by molar-refractivity contribution is 7.99. The van der Waals surface area contributed by atoms with E-state index in [-0.39, 0.29) is 17.3 Å². The van der Waals surface area contributed by atoms with Crippen LogP contribution in [-0.2, 0) is 11.8 Å². The smallest absolute Gasteiger partial charge is 0.234 e. The van der Waals surface area contributed by atoms with Gasteiger partial charge in [-0.25, -0.2) is 4.39 Å². The van der Waals surface area contributed by atoms with E-state index in [1.54, 1.807) is 23.5 Å². The number of halogens is 1. The van der Waals surface area contributed by atoms with E-state index >= 15 is 0 Å². The molecule has 0 aliphatic rings. The maximum atomic E-state index is 13.6. The number of hydrogen-bond acceptors (Lipinski definition) is 5. The second-order valence-corrected chi connectivity index (χ2v) is 7.54. The van der Waals surface area contributed by atoms with Gasteiger partial charge in [-0.05, 0) is 31.5 Å². The van der Waals surface area contributed by atoms with E-state index in [1.165, 1.54) is 34.3 Å². The molecule has 0 aliphatic carbocycles. The summed E-state index contributed by atoms with van der Waals surface area (Å²) < 4.78 is 15.4. The molecule has 3 aromatic rings. The molecule has 0 bridgehead atoms. The van der Waals surface area contributed by atoms with Gasteiger partial charge in [-0.15, -0.1) is 21.5 Å². The molecule has 2 aromatic heterocycles. The van der Waals surface area contributed by atoms with E-state index in [1.807, 2.05) is 11.6 Å². The van der Waals surface area contributed by atoms with Crippen molar-refractivity contribution in [2.24, 2.45) is 7.05 Å². The van der Waals surface area contributed by atoms with Crippen LogP contribution in [0.25, 0.3) is 11.4 Å². The van der Waals surface area contributed by atoms with Crippen LogP contribution < -0.4 is 5.32 Å². The lowest BCUT2D eigenvalue weighted by Gasteiger charge is -2.06. The standard InChI is InChI=1S/C17H17FN4OS2/c1-10-11(2)24-8-12(10)16-20-21-17(22(16)3)25-9-15(23)19-14-7-5-4-6-13(14)18/h4-8H,9H2,1-3H3,(H,19,23). The number of aromatic nitrogens is 3. The predicted molar refractivity (Wildman–Crippen MR) is 99.5 cm³/mol. The fourth-order valence-electron chi connectivity index (χ4n) is 2.29. The van der Waals surface area contributed by atoms with Gasteiger partial charge in [0.1, 0.15) is 5.82 Å². The fraction of sp³-hybridized carbons (Fsp3) is 0.235. The number of nitrogens with zero attached hydrogens (tertiary/aromatic N) is 3. The SMILES string of the molecule is Cc1scc(-c2nnc(SCC(=O)Nc3ccccc3F)n2C)c1C. The van der Waals surface area contributed by atoms with Crippen LogP contribution >= 0.6 is 23.1 Å². The number of nitrogens with one attached hydrogen (secondary N) is 1. The minimum atomic E-state index is -0.454. The average Bonchev–Trinajstić information content (AvgIpc) is 3.11. The van der Waals surface area contributed by atoms with E-state index in [0.29, 0.717) is 5.16 Å². The Bertz CT molecular complexity index is 919. The molecule has 0 radical (unpaired) electrons. The Balaban J connectivity index is 1.67. The Kier molecular flexibility index (Phi) is 5.19. The van der Waals surface area contributed by atoms with Gasteiger partial charge in [0.15, 0.2) is 11.0 Å². The quantitative estimate of drug-likeness (QED) is 0.683. The molecule has 2 heterocycles. The first-order valence-corrected chi connectivity index (χ1v) is 9.45. The van der Waals surface area contributed by atoms with Crippen LogP contribution in [0.3, 0.4) is 0 Å². The Morgan fingerprint density at radius 3 is 2.76 bits per heavy atom. The van der Waals surface area contributed by atoms with Gasteiger partial charge in [-0.2, -0.15) is 0 Å². The molecule has 0 saturated heterocycles. The normalized spacial score (nSPS) is 10.9. The van der Waals surface area contributed by atoms with Crippen LogP contribution in [0.15, 0.2) is 34.8 Å². The van der Waals surface area contributed by atoms with Gasteiger partial charge in [-0.3, -0.25) is 4.79 Å². The zero-order chi connectivity index (χ0) is 18.0. The largest absolute Gasteiger partial charge is 0.323 e. The molecule has 0 saturated carbocycles. The van der Waals surface area contributed by atoms with Crippen molar-refractivity contribution in [2.75, 3.05) is 11.1 Å². The Morgan fingerprint density at radius 1 is 1.32 bits per heavy atom. The Labute approximate surface area is 153 Å². The maximum Gasteiger partial charge on any atom is 0.234 e. The molecule has 0 spiro atoms. The summed E-state index contributed by atoms with van der Waals surface area (Å²) in [7, 11) is 1.87. The maximum absolute atomic E-state index is 13.6. The first-order valence-electron chi connectivity index (χ1n) is 7.59. The summed E-state index contributed by atoms with van der Waals surface area (Å²) in [6.45, 7) is 4.13. The molecule has 0 unspecified atom stereocenters. The van der Waals surface area contributed by atoms with Crippen molar-refractivity contribution < 1.29 is 9.18 Å². The highest BCUT2D eigenvalue weighted by atomic mass is 32.2. The van der Waals surface area contributed by atoms with Gasteiger partial charge in [0, 0.05) is 22.9 Å². The molecule has 0 atom stereocenters. The molecule has 8 heteroatoms. The molecular formula is C17H17FN4OS2. The van der Waals surface area contributed by atoms with E-state index in [0.717, 1.165) is 11.4 Å². The Morgan fingerprint density at radius 2 is 2.08 bits per heavy atom. The lowest BCUT2D eigenvalue weighted by atomic mass is 10.2. The number of para-hydroxylation sites is 1. The minimum absolute atomic E-state index is 0.127. The van der Waals surface area contributed by atoms with E-state index in [4.69, 9.17) is 0 Å². The lowest BCUT2D eigenvalue weighted by Crippen LogP contribution is -2.15. The van der Waals surface area contributed by atoms with Crippen LogP contribution in [0, 0.1) is 19.7 Å². The number of benzene rings is 1. The van der Waals surface area contributed by atoms with E-state index in [2.05, 4.69) is 34.7 Å². The van der Waals surface area contributed by atoms with Gasteiger partial charge >= 0.3 is 0 Å². The summed E-state index contributed by atoms with van der Waals surface area (Å²) in [5.74, 6) is 0.160. The van der Waals surface area contributed by atoms with Crippen LogP contribution in [0.2, 0.25) is 0 Å². The monoisotopic (exact) mass is 376 g/mol. The number of rotatable bonds is 5. The molecular weight excluding hydrogens is 359 g/mol. The third-order valence-corrected chi connectivity index (χ3v) is 5.88. The molecule has 3 rings (SSSR count). The fourth-order valence-corrected chi connectivity index (χ4v) is 3.86. The van der Waals surface area contributed by atoms with Crippen LogP contribution in [0.1, 0.15) is 10.4 Å². The van der Waals surface area contributed by atoms with Crippen LogP contribution in [-0.4, -0.2) is 26.4 Å². The molecule has 0 aliphatic heterocycles. The molecule has 1 aromatic carbocycles. The van der Waals surface area contributed by atoms with Gasteiger partial charge in [0.2, 0.25) is 5.91 Å². The number of aryl methyl sites for hydroxylation is 1. The third-order valence-electron chi connectivity index (χ3n) is 3.84. The number of anilines is 1. The number of thioether (sulfide) groups is 1. The van der Waals surface area contributed by atoms with Crippen molar-refractivity contribution in [1.82, 2.24) is 14.8 Å². The van der Waals surface area contributed by atoms with Gasteiger partial charge in [-0.1, -0.05) is 23.9 Å². The van der Waals surface area contributed by atoms with Crippen molar-refractivity contribution in [3.63, 3.8) is 0 Å². The minimum Gasteiger partial charge on any atom is -0.323 e. The summed E-state index contributed by atoms with van der Waals surface area (Å²) in [5.41, 5.74) is 2.42. The lowest BCUT2D eigenvalue weighted by molar-refractivity contribution is -0.113. The predicted octanol–water partition coefficient (Wildman–Crippen LogP) is 4.03. The van der Waals surface area contributed by atoms with Gasteiger partial charge in [0.25, 0.3) is 0 Å². The van der Waals surface area contributed by atoms with Crippen molar-refractivity contribution in [3.05, 3.63) is 45.9 Å². The van der Waals surface area contributed by atoms with Gasteiger partial charge < -0.3 is 9.88 Å². The van der Waals surface area contributed by atoms with Crippen molar-refractivity contribution >= 4 is 34.7 Å². The molecule has 1 N–H and O–H groups in total. The number of hydrogen-bond donors (Lipinski definition) is 1. The number of carbonyl (C=O) groups excluding carboxylic acids is 1. The third kappa shape index (κ3) is 3.74. The molecule has 130 valence electrons. The first kappa shape index (κ1) is 17.6. The molecule has 25 heavy (non-hydrogen) atoms. The first-order chi connectivity index (χ1) is 12.0. The van der Waals surface area contributed by atoms with Crippen LogP contribution in [0.4, 0.5) is 10.1 Å². The zero-order valence-corrected chi connectivity index (χ0v) is 15.7. The summed E-state index contributed by atoms with van der Waals surface area (Å²) in [6.07, 6.45) is 0. The number of thiophene rings is 1.